The molecule has 23 heavy (non-hydrogen) atoms. The van der Waals surface area contributed by atoms with Crippen LogP contribution in [0.5, 0.6) is 0 Å². The molecule has 2 heterocycles. The van der Waals surface area contributed by atoms with E-state index in [1.165, 1.54) is 11.8 Å². The van der Waals surface area contributed by atoms with Crippen molar-refractivity contribution >= 4 is 50.6 Å². The fourth-order valence-corrected chi connectivity index (χ4v) is 3.64. The quantitative estimate of drug-likeness (QED) is 0.567. The number of hydrogen-bond donors (Lipinski definition) is 1. The molecule has 2 aromatic heterocycles. The number of amides is 1. The van der Waals surface area contributed by atoms with Crippen LogP contribution in [0.1, 0.15) is 0 Å². The SMILES string of the molecule is CN(C)c1ccc(NC(=O)CSc2ncnc3sccc23)cc1. The number of benzene rings is 1. The largest absolute Gasteiger partial charge is 0.378 e. The van der Waals surface area contributed by atoms with Gasteiger partial charge in [-0.15, -0.1) is 11.3 Å². The number of hydrogen-bond acceptors (Lipinski definition) is 6. The van der Waals surface area contributed by atoms with E-state index >= 15 is 0 Å². The van der Waals surface area contributed by atoms with Crippen molar-refractivity contribution in [1.29, 1.82) is 0 Å². The lowest BCUT2D eigenvalue weighted by Gasteiger charge is -2.13. The number of nitrogens with one attached hydrogen (secondary N) is 1. The summed E-state index contributed by atoms with van der Waals surface area (Å²) in [4.78, 5) is 23.5. The number of carbonyl (C=O) groups is 1. The predicted octanol–water partition coefficient (Wildman–Crippen LogP) is 3.49. The van der Waals surface area contributed by atoms with Gasteiger partial charge in [0, 0.05) is 30.9 Å². The van der Waals surface area contributed by atoms with E-state index < -0.39 is 0 Å². The molecular formula is C16H16N4OS2. The van der Waals surface area contributed by atoms with E-state index in [-0.39, 0.29) is 5.91 Å². The van der Waals surface area contributed by atoms with Gasteiger partial charge in [0.1, 0.15) is 16.2 Å². The Hall–Kier alpha value is -2.12. The Labute approximate surface area is 142 Å². The lowest BCUT2D eigenvalue weighted by atomic mass is 10.2. The van der Waals surface area contributed by atoms with E-state index in [0.29, 0.717) is 5.75 Å². The lowest BCUT2D eigenvalue weighted by Crippen LogP contribution is -2.14. The summed E-state index contributed by atoms with van der Waals surface area (Å²) < 4.78 is 0. The molecule has 7 heteroatoms. The minimum absolute atomic E-state index is 0.0467. The summed E-state index contributed by atoms with van der Waals surface area (Å²) in [6, 6.07) is 9.74. The number of nitrogens with zero attached hydrogens (tertiary/aromatic N) is 3. The summed E-state index contributed by atoms with van der Waals surface area (Å²) in [7, 11) is 3.97. The monoisotopic (exact) mass is 344 g/mol. The second-order valence-corrected chi connectivity index (χ2v) is 6.96. The first-order valence-electron chi connectivity index (χ1n) is 7.02. The third-order valence-corrected chi connectivity index (χ3v) is 5.06. The molecule has 0 spiro atoms. The molecule has 3 rings (SSSR count). The Morgan fingerprint density at radius 1 is 1.22 bits per heavy atom. The van der Waals surface area contributed by atoms with Gasteiger partial charge in [0.25, 0.3) is 0 Å². The highest BCUT2D eigenvalue weighted by atomic mass is 32.2. The van der Waals surface area contributed by atoms with Crippen molar-refractivity contribution < 1.29 is 4.79 Å². The Morgan fingerprint density at radius 2 is 2.00 bits per heavy atom. The summed E-state index contributed by atoms with van der Waals surface area (Å²) >= 11 is 3.00. The standard InChI is InChI=1S/C16H16N4OS2/c1-20(2)12-5-3-11(4-6-12)19-14(21)9-23-16-13-7-8-22-15(13)17-10-18-16/h3-8,10H,9H2,1-2H3,(H,19,21). The summed E-state index contributed by atoms with van der Waals surface area (Å²) in [5.41, 5.74) is 1.89. The third-order valence-electron chi connectivity index (χ3n) is 3.23. The molecule has 0 saturated carbocycles. The molecular weight excluding hydrogens is 328 g/mol. The predicted molar refractivity (Wildman–Crippen MR) is 97.5 cm³/mol. The molecule has 5 nitrogen and oxygen atoms in total. The van der Waals surface area contributed by atoms with Gasteiger partial charge in [0.15, 0.2) is 0 Å². The van der Waals surface area contributed by atoms with Gasteiger partial charge >= 0.3 is 0 Å². The first kappa shape index (κ1) is 15.8. The van der Waals surface area contributed by atoms with Crippen LogP contribution in [0.15, 0.2) is 47.1 Å². The number of rotatable bonds is 5. The molecule has 118 valence electrons. The van der Waals surface area contributed by atoms with Crippen LogP contribution >= 0.6 is 23.1 Å². The Kier molecular flexibility index (Phi) is 4.78. The molecule has 0 aliphatic heterocycles. The number of thiophene rings is 1. The molecule has 1 aromatic carbocycles. The number of carbonyl (C=O) groups excluding carboxylic acids is 1. The summed E-state index contributed by atoms with van der Waals surface area (Å²) in [6.45, 7) is 0. The van der Waals surface area contributed by atoms with Gasteiger partial charge < -0.3 is 10.2 Å². The van der Waals surface area contributed by atoms with Crippen molar-refractivity contribution in [3.05, 3.63) is 42.0 Å². The van der Waals surface area contributed by atoms with Crippen molar-refractivity contribution in [3.63, 3.8) is 0 Å². The first-order chi connectivity index (χ1) is 11.1. The van der Waals surface area contributed by atoms with E-state index in [0.717, 1.165) is 26.6 Å². The summed E-state index contributed by atoms with van der Waals surface area (Å²) in [5, 5.41) is 6.73. The van der Waals surface area contributed by atoms with Crippen molar-refractivity contribution in [2.75, 3.05) is 30.1 Å². The number of anilines is 2. The van der Waals surface area contributed by atoms with Crippen LogP contribution in [-0.4, -0.2) is 35.7 Å². The topological polar surface area (TPSA) is 58.1 Å². The number of aromatic nitrogens is 2. The van der Waals surface area contributed by atoms with E-state index in [1.54, 1.807) is 17.7 Å². The highest BCUT2D eigenvalue weighted by Gasteiger charge is 2.09. The lowest BCUT2D eigenvalue weighted by molar-refractivity contribution is -0.113. The molecule has 0 radical (unpaired) electrons. The van der Waals surface area contributed by atoms with Gasteiger partial charge in [-0.3, -0.25) is 4.79 Å². The normalized spacial score (nSPS) is 10.7. The molecule has 0 saturated heterocycles. The third kappa shape index (κ3) is 3.80. The number of fused-ring (bicyclic) bond motifs is 1. The maximum absolute atomic E-state index is 12.1. The maximum atomic E-state index is 12.1. The van der Waals surface area contributed by atoms with Crippen LogP contribution in [0.3, 0.4) is 0 Å². The molecule has 3 aromatic rings. The molecule has 0 atom stereocenters. The summed E-state index contributed by atoms with van der Waals surface area (Å²) in [6.07, 6.45) is 1.54. The first-order valence-corrected chi connectivity index (χ1v) is 8.88. The fourth-order valence-electron chi connectivity index (χ4n) is 2.06. The molecule has 0 unspecified atom stereocenters. The van der Waals surface area contributed by atoms with Crippen LogP contribution in [0.25, 0.3) is 10.2 Å². The van der Waals surface area contributed by atoms with E-state index in [2.05, 4.69) is 15.3 Å². The minimum atomic E-state index is -0.0467. The Morgan fingerprint density at radius 3 is 2.74 bits per heavy atom. The molecule has 1 N–H and O–H groups in total. The van der Waals surface area contributed by atoms with Crippen LogP contribution < -0.4 is 10.2 Å². The van der Waals surface area contributed by atoms with Gasteiger partial charge in [0.2, 0.25) is 5.91 Å². The van der Waals surface area contributed by atoms with Crippen molar-refractivity contribution in [3.8, 4) is 0 Å². The van der Waals surface area contributed by atoms with Gasteiger partial charge in [0.05, 0.1) is 5.75 Å². The Bertz CT molecular complexity index is 814. The smallest absolute Gasteiger partial charge is 0.234 e. The molecule has 0 fully saturated rings. The van der Waals surface area contributed by atoms with E-state index in [9.17, 15) is 4.79 Å². The minimum Gasteiger partial charge on any atom is -0.378 e. The van der Waals surface area contributed by atoms with Gasteiger partial charge in [-0.2, -0.15) is 0 Å². The zero-order valence-corrected chi connectivity index (χ0v) is 14.4. The average Bonchev–Trinajstić information content (AvgIpc) is 3.02. The van der Waals surface area contributed by atoms with Crippen LogP contribution in [0.2, 0.25) is 0 Å². The molecule has 0 bridgehead atoms. The average molecular weight is 344 g/mol. The zero-order valence-electron chi connectivity index (χ0n) is 12.8. The van der Waals surface area contributed by atoms with Gasteiger partial charge in [-0.1, -0.05) is 11.8 Å². The zero-order chi connectivity index (χ0) is 16.2. The maximum Gasteiger partial charge on any atom is 0.234 e. The van der Waals surface area contributed by atoms with Gasteiger partial charge in [-0.05, 0) is 35.7 Å². The van der Waals surface area contributed by atoms with Crippen molar-refractivity contribution in [2.24, 2.45) is 0 Å². The molecule has 0 aliphatic rings. The Balaban J connectivity index is 1.60. The molecule has 0 aliphatic carbocycles. The number of thioether (sulfide) groups is 1. The van der Waals surface area contributed by atoms with Crippen LogP contribution in [-0.2, 0) is 4.79 Å². The van der Waals surface area contributed by atoms with E-state index in [1.807, 2.05) is 54.7 Å². The molecule has 1 amide bonds. The highest BCUT2D eigenvalue weighted by molar-refractivity contribution is 8.00. The van der Waals surface area contributed by atoms with Crippen LogP contribution in [0, 0.1) is 0 Å². The van der Waals surface area contributed by atoms with Crippen molar-refractivity contribution in [2.45, 2.75) is 5.03 Å². The fraction of sp³-hybridized carbons (Fsp3) is 0.188. The summed E-state index contributed by atoms with van der Waals surface area (Å²) in [5.74, 6) is 0.270. The second kappa shape index (κ2) is 6.97. The van der Waals surface area contributed by atoms with Crippen LogP contribution in [0.4, 0.5) is 11.4 Å². The highest BCUT2D eigenvalue weighted by Crippen LogP contribution is 2.27. The van der Waals surface area contributed by atoms with E-state index in [4.69, 9.17) is 0 Å². The van der Waals surface area contributed by atoms with Gasteiger partial charge in [-0.25, -0.2) is 9.97 Å². The second-order valence-electron chi connectivity index (χ2n) is 5.10. The van der Waals surface area contributed by atoms with Crippen molar-refractivity contribution in [1.82, 2.24) is 9.97 Å².